The van der Waals surface area contributed by atoms with Gasteiger partial charge in [-0.15, -0.1) is 0 Å². The molecule has 1 aliphatic rings. The first kappa shape index (κ1) is 20.4. The second-order valence-electron chi connectivity index (χ2n) is 9.26. The summed E-state index contributed by atoms with van der Waals surface area (Å²) < 4.78 is 46.7. The molecule has 0 amide bonds. The highest BCUT2D eigenvalue weighted by Gasteiger charge is 2.53. The number of rotatable bonds is 3. The van der Waals surface area contributed by atoms with Crippen LogP contribution in [0.2, 0.25) is 18.1 Å². The molecule has 0 spiro atoms. The van der Waals surface area contributed by atoms with Crippen molar-refractivity contribution in [3.05, 3.63) is 23.8 Å². The molecule has 0 atom stereocenters. The Morgan fingerprint density at radius 2 is 1.48 bits per heavy atom. The predicted octanol–water partition coefficient (Wildman–Crippen LogP) is 4.65. The molecule has 0 unspecified atom stereocenters. The zero-order valence-corrected chi connectivity index (χ0v) is 17.7. The molecule has 1 aromatic carbocycles. The monoisotopic (exact) mass is 370 g/mol. The van der Waals surface area contributed by atoms with Gasteiger partial charge in [0.1, 0.15) is 11.6 Å². The van der Waals surface area contributed by atoms with E-state index in [1.54, 1.807) is 0 Å². The van der Waals surface area contributed by atoms with Crippen molar-refractivity contribution in [2.45, 2.75) is 77.8 Å². The van der Waals surface area contributed by atoms with E-state index in [4.69, 9.17) is 13.7 Å². The standard InChI is InChI=1S/C18H29BF2O3Si/c1-16(2,3)25(8,9)22-15-13(10-12(20)11-14(15)21)19-23-17(4,5)18(6,7)24-19/h10-11H,1-9H3. The van der Waals surface area contributed by atoms with Crippen LogP contribution in [-0.2, 0) is 9.31 Å². The van der Waals surface area contributed by atoms with Crippen LogP contribution in [0.1, 0.15) is 48.5 Å². The van der Waals surface area contributed by atoms with Gasteiger partial charge in [0.15, 0.2) is 5.82 Å². The van der Waals surface area contributed by atoms with Crippen molar-refractivity contribution in [3.8, 4) is 5.75 Å². The minimum Gasteiger partial charge on any atom is -0.542 e. The largest absolute Gasteiger partial charge is 0.542 e. The molecule has 0 saturated carbocycles. The Hall–Kier alpha value is -0.918. The van der Waals surface area contributed by atoms with Crippen LogP contribution in [0.3, 0.4) is 0 Å². The van der Waals surface area contributed by atoms with Crippen LogP contribution in [0, 0.1) is 11.6 Å². The van der Waals surface area contributed by atoms with E-state index in [0.29, 0.717) is 0 Å². The summed E-state index contributed by atoms with van der Waals surface area (Å²) >= 11 is 0. The number of benzene rings is 1. The van der Waals surface area contributed by atoms with Gasteiger partial charge >= 0.3 is 7.12 Å². The van der Waals surface area contributed by atoms with E-state index >= 15 is 0 Å². The van der Waals surface area contributed by atoms with Crippen LogP contribution >= 0.6 is 0 Å². The molecule has 0 aromatic heterocycles. The smallest absolute Gasteiger partial charge is 0.498 e. The van der Waals surface area contributed by atoms with E-state index in [0.717, 1.165) is 6.07 Å². The maximum Gasteiger partial charge on any atom is 0.498 e. The lowest BCUT2D eigenvalue weighted by atomic mass is 9.78. The topological polar surface area (TPSA) is 27.7 Å². The summed E-state index contributed by atoms with van der Waals surface area (Å²) in [6.45, 7) is 17.8. The van der Waals surface area contributed by atoms with Gasteiger partial charge < -0.3 is 13.7 Å². The third-order valence-electron chi connectivity index (χ3n) is 5.71. The molecule has 3 nitrogen and oxygen atoms in total. The summed E-state index contributed by atoms with van der Waals surface area (Å²) in [7, 11) is -3.20. The first-order valence-corrected chi connectivity index (χ1v) is 11.5. The van der Waals surface area contributed by atoms with Crippen LogP contribution in [0.25, 0.3) is 0 Å². The fourth-order valence-corrected chi connectivity index (χ4v) is 3.27. The second kappa shape index (κ2) is 6.06. The van der Waals surface area contributed by atoms with Crippen molar-refractivity contribution in [1.82, 2.24) is 0 Å². The minimum atomic E-state index is -2.32. The molecule has 1 saturated heterocycles. The van der Waals surface area contributed by atoms with Gasteiger partial charge in [0.05, 0.1) is 11.2 Å². The first-order chi connectivity index (χ1) is 11.1. The van der Waals surface area contributed by atoms with E-state index in [2.05, 4.69) is 20.8 Å². The SMILES string of the molecule is CC1(C)OB(c2cc(F)cc(F)c2O[Si](C)(C)C(C)(C)C)OC1(C)C. The number of hydrogen-bond donors (Lipinski definition) is 0. The van der Waals surface area contributed by atoms with E-state index in [9.17, 15) is 8.78 Å². The van der Waals surface area contributed by atoms with Crippen LogP contribution < -0.4 is 9.89 Å². The fourth-order valence-electron chi connectivity index (χ4n) is 2.24. The van der Waals surface area contributed by atoms with Gasteiger partial charge in [-0.3, -0.25) is 0 Å². The van der Waals surface area contributed by atoms with E-state index in [1.165, 1.54) is 6.07 Å². The average Bonchev–Trinajstić information content (AvgIpc) is 2.60. The molecule has 0 aliphatic carbocycles. The van der Waals surface area contributed by atoms with Gasteiger partial charge in [-0.05, 0) is 51.9 Å². The molecule has 1 heterocycles. The van der Waals surface area contributed by atoms with E-state index < -0.39 is 38.3 Å². The lowest BCUT2D eigenvalue weighted by molar-refractivity contribution is 0.00578. The first-order valence-electron chi connectivity index (χ1n) is 8.61. The van der Waals surface area contributed by atoms with Crippen LogP contribution in [0.4, 0.5) is 8.78 Å². The van der Waals surface area contributed by atoms with Gasteiger partial charge in [0, 0.05) is 11.5 Å². The molecule has 1 aromatic rings. The molecule has 1 fully saturated rings. The molecule has 0 N–H and O–H groups in total. The summed E-state index contributed by atoms with van der Waals surface area (Å²) in [5, 5.41) is -0.124. The lowest BCUT2D eigenvalue weighted by Crippen LogP contribution is -2.47. The van der Waals surface area contributed by atoms with Gasteiger partial charge in [0.25, 0.3) is 8.32 Å². The molecule has 1 aliphatic heterocycles. The third kappa shape index (κ3) is 3.78. The summed E-state index contributed by atoms with van der Waals surface area (Å²) in [6, 6.07) is 2.09. The minimum absolute atomic E-state index is 0.0338. The van der Waals surface area contributed by atoms with Gasteiger partial charge in [0.2, 0.25) is 0 Å². The molecular weight excluding hydrogens is 341 g/mol. The third-order valence-corrected chi connectivity index (χ3v) is 10.0. The Labute approximate surface area is 151 Å². The number of halogens is 2. The Kier molecular flexibility index (Phi) is 4.95. The number of hydrogen-bond acceptors (Lipinski definition) is 3. The molecule has 7 heteroatoms. The van der Waals surface area contributed by atoms with Crippen LogP contribution in [-0.4, -0.2) is 26.6 Å². The van der Waals surface area contributed by atoms with Crippen molar-refractivity contribution in [2.24, 2.45) is 0 Å². The Balaban J connectivity index is 2.50. The quantitative estimate of drug-likeness (QED) is 0.725. The molecule has 2 rings (SSSR count). The normalized spacial score (nSPS) is 20.0. The molecule has 140 valence electrons. The van der Waals surface area contributed by atoms with Crippen molar-refractivity contribution in [2.75, 3.05) is 0 Å². The molecule has 0 radical (unpaired) electrons. The molecular formula is C18H29BF2O3Si. The zero-order valence-electron chi connectivity index (χ0n) is 16.7. The van der Waals surface area contributed by atoms with Crippen molar-refractivity contribution in [1.29, 1.82) is 0 Å². The van der Waals surface area contributed by atoms with Crippen molar-refractivity contribution >= 4 is 20.9 Å². The van der Waals surface area contributed by atoms with Gasteiger partial charge in [-0.2, -0.15) is 0 Å². The van der Waals surface area contributed by atoms with Crippen LogP contribution in [0.15, 0.2) is 12.1 Å². The van der Waals surface area contributed by atoms with Crippen LogP contribution in [0.5, 0.6) is 5.75 Å². The Bertz CT molecular complexity index is 653. The van der Waals surface area contributed by atoms with Gasteiger partial charge in [-0.1, -0.05) is 20.8 Å². The highest BCUT2D eigenvalue weighted by molar-refractivity contribution is 6.75. The maximum atomic E-state index is 14.6. The summed E-state index contributed by atoms with van der Waals surface area (Å²) in [5.41, 5.74) is -0.940. The summed E-state index contributed by atoms with van der Waals surface area (Å²) in [6.07, 6.45) is 0. The summed E-state index contributed by atoms with van der Waals surface area (Å²) in [5.74, 6) is -1.37. The fraction of sp³-hybridized carbons (Fsp3) is 0.667. The average molecular weight is 370 g/mol. The van der Waals surface area contributed by atoms with E-state index in [-0.39, 0.29) is 16.3 Å². The molecule has 25 heavy (non-hydrogen) atoms. The highest BCUT2D eigenvalue weighted by atomic mass is 28.4. The summed E-state index contributed by atoms with van der Waals surface area (Å²) in [4.78, 5) is 0. The van der Waals surface area contributed by atoms with Gasteiger partial charge in [-0.25, -0.2) is 8.78 Å². The highest BCUT2D eigenvalue weighted by Crippen LogP contribution is 2.40. The Morgan fingerprint density at radius 3 is 1.92 bits per heavy atom. The predicted molar refractivity (Wildman–Crippen MR) is 99.9 cm³/mol. The van der Waals surface area contributed by atoms with E-state index in [1.807, 2.05) is 40.8 Å². The maximum absolute atomic E-state index is 14.6. The second-order valence-corrected chi connectivity index (χ2v) is 14.0. The lowest BCUT2D eigenvalue weighted by Gasteiger charge is -2.37. The van der Waals surface area contributed by atoms with Crippen molar-refractivity contribution in [3.63, 3.8) is 0 Å². The van der Waals surface area contributed by atoms with Crippen molar-refractivity contribution < 1.29 is 22.5 Å². The molecule has 0 bridgehead atoms. The zero-order chi connectivity index (χ0) is 19.4. The Morgan fingerprint density at radius 1 is 1.00 bits per heavy atom.